The highest BCUT2D eigenvalue weighted by Crippen LogP contribution is 2.36. The van der Waals surface area contributed by atoms with E-state index in [4.69, 9.17) is 11.6 Å². The van der Waals surface area contributed by atoms with Crippen molar-refractivity contribution in [2.45, 2.75) is 6.92 Å². The first-order valence-electron chi connectivity index (χ1n) is 6.28. The van der Waals surface area contributed by atoms with Crippen LogP contribution >= 0.6 is 22.9 Å². The maximum Gasteiger partial charge on any atom is 0.189 e. The molecular weight excluding hydrogens is 288 g/mol. The minimum atomic E-state index is 0.701. The number of hydrogen-bond donors (Lipinski definition) is 1. The summed E-state index contributed by atoms with van der Waals surface area (Å²) in [5.41, 5.74) is 4.09. The summed E-state index contributed by atoms with van der Waals surface area (Å²) < 4.78 is 0.701. The Labute approximate surface area is 127 Å². The molecule has 100 valence electrons. The van der Waals surface area contributed by atoms with Gasteiger partial charge in [0.1, 0.15) is 10.0 Å². The lowest BCUT2D eigenvalue weighted by molar-refractivity contribution is 1.36. The maximum absolute atomic E-state index is 6.30. The summed E-state index contributed by atoms with van der Waals surface area (Å²) in [7, 11) is 0. The summed E-state index contributed by atoms with van der Waals surface area (Å²) in [5, 5.41) is 4.13. The number of rotatable bonds is 3. The van der Waals surface area contributed by atoms with Crippen molar-refractivity contribution >= 4 is 33.8 Å². The number of hydrogen-bond acceptors (Lipinski definition) is 3. The average molecular weight is 301 g/mol. The molecule has 1 N–H and O–H groups in total. The molecule has 3 rings (SSSR count). The minimum Gasteiger partial charge on any atom is -0.331 e. The van der Waals surface area contributed by atoms with Crippen molar-refractivity contribution in [1.82, 2.24) is 4.98 Å². The number of nitrogens with zero attached hydrogens (tertiary/aromatic N) is 1. The van der Waals surface area contributed by atoms with Crippen molar-refractivity contribution in [3.63, 3.8) is 0 Å². The van der Waals surface area contributed by atoms with E-state index in [-0.39, 0.29) is 0 Å². The lowest BCUT2D eigenvalue weighted by Crippen LogP contribution is -1.91. The topological polar surface area (TPSA) is 24.9 Å². The van der Waals surface area contributed by atoms with E-state index in [1.807, 2.05) is 48.5 Å². The molecule has 0 aliphatic heterocycles. The SMILES string of the molecule is Cc1ccccc1Nc1nc(-c2ccccc2)c(Cl)s1. The van der Waals surface area contributed by atoms with Gasteiger partial charge in [0.15, 0.2) is 5.13 Å². The Morgan fingerprint density at radius 3 is 2.45 bits per heavy atom. The van der Waals surface area contributed by atoms with Gasteiger partial charge in [0.05, 0.1) is 0 Å². The van der Waals surface area contributed by atoms with Gasteiger partial charge in [0, 0.05) is 11.3 Å². The lowest BCUT2D eigenvalue weighted by Gasteiger charge is -2.05. The van der Waals surface area contributed by atoms with E-state index in [1.54, 1.807) is 0 Å². The van der Waals surface area contributed by atoms with E-state index >= 15 is 0 Å². The van der Waals surface area contributed by atoms with Crippen LogP contribution in [0.25, 0.3) is 11.3 Å². The van der Waals surface area contributed by atoms with Crippen LogP contribution in [0.1, 0.15) is 5.56 Å². The first-order valence-corrected chi connectivity index (χ1v) is 7.48. The monoisotopic (exact) mass is 300 g/mol. The van der Waals surface area contributed by atoms with E-state index in [1.165, 1.54) is 16.9 Å². The number of aromatic nitrogens is 1. The fourth-order valence-electron chi connectivity index (χ4n) is 1.96. The van der Waals surface area contributed by atoms with Crippen molar-refractivity contribution in [2.75, 3.05) is 5.32 Å². The smallest absolute Gasteiger partial charge is 0.189 e. The van der Waals surface area contributed by atoms with Gasteiger partial charge in [-0.05, 0) is 18.6 Å². The highest BCUT2D eigenvalue weighted by atomic mass is 35.5. The van der Waals surface area contributed by atoms with Crippen LogP contribution in [-0.2, 0) is 0 Å². The Balaban J connectivity index is 1.92. The van der Waals surface area contributed by atoms with Gasteiger partial charge in [-0.15, -0.1) is 0 Å². The zero-order chi connectivity index (χ0) is 13.9. The fraction of sp³-hybridized carbons (Fsp3) is 0.0625. The first-order chi connectivity index (χ1) is 9.74. The summed E-state index contributed by atoms with van der Waals surface area (Å²) in [5.74, 6) is 0. The molecule has 0 bridgehead atoms. The number of halogens is 1. The predicted molar refractivity (Wildman–Crippen MR) is 87.0 cm³/mol. The summed E-state index contributed by atoms with van der Waals surface area (Å²) >= 11 is 7.76. The molecular formula is C16H13ClN2S. The van der Waals surface area contributed by atoms with E-state index < -0.39 is 0 Å². The van der Waals surface area contributed by atoms with E-state index in [0.29, 0.717) is 4.34 Å². The fourth-order valence-corrected chi connectivity index (χ4v) is 3.06. The van der Waals surface area contributed by atoms with Crippen LogP contribution in [0.5, 0.6) is 0 Å². The van der Waals surface area contributed by atoms with Crippen LogP contribution in [0.2, 0.25) is 4.34 Å². The van der Waals surface area contributed by atoms with Gasteiger partial charge in [-0.25, -0.2) is 4.98 Å². The quantitative estimate of drug-likeness (QED) is 0.689. The molecule has 1 aromatic heterocycles. The van der Waals surface area contributed by atoms with Gasteiger partial charge in [-0.2, -0.15) is 0 Å². The molecule has 0 unspecified atom stereocenters. The minimum absolute atomic E-state index is 0.701. The summed E-state index contributed by atoms with van der Waals surface area (Å²) in [6.45, 7) is 2.07. The number of aryl methyl sites for hydroxylation is 1. The van der Waals surface area contributed by atoms with Crippen molar-refractivity contribution < 1.29 is 0 Å². The molecule has 0 spiro atoms. The Kier molecular flexibility index (Phi) is 3.72. The molecule has 0 saturated heterocycles. The van der Waals surface area contributed by atoms with Crippen molar-refractivity contribution in [3.05, 3.63) is 64.5 Å². The third-order valence-corrected chi connectivity index (χ3v) is 4.19. The molecule has 3 aromatic rings. The molecule has 0 amide bonds. The number of para-hydroxylation sites is 1. The molecule has 1 heterocycles. The summed E-state index contributed by atoms with van der Waals surface area (Å²) in [6, 6.07) is 18.1. The van der Waals surface area contributed by atoms with Gasteiger partial charge in [-0.1, -0.05) is 71.5 Å². The van der Waals surface area contributed by atoms with Crippen LogP contribution in [0.3, 0.4) is 0 Å². The molecule has 20 heavy (non-hydrogen) atoms. The second-order valence-electron chi connectivity index (χ2n) is 4.45. The second-order valence-corrected chi connectivity index (χ2v) is 6.05. The van der Waals surface area contributed by atoms with Crippen molar-refractivity contribution in [1.29, 1.82) is 0 Å². The standard InChI is InChI=1S/C16H13ClN2S/c1-11-7-5-6-10-13(11)18-16-19-14(15(17)20-16)12-8-3-2-4-9-12/h2-10H,1H3,(H,18,19). The predicted octanol–water partition coefficient (Wildman–Crippen LogP) is 5.52. The Hall–Kier alpha value is -1.84. The van der Waals surface area contributed by atoms with Gasteiger partial charge in [0.2, 0.25) is 0 Å². The maximum atomic E-state index is 6.30. The molecule has 2 aromatic carbocycles. The van der Waals surface area contributed by atoms with Crippen molar-refractivity contribution in [3.8, 4) is 11.3 Å². The molecule has 0 radical (unpaired) electrons. The normalized spacial score (nSPS) is 10.5. The Bertz CT molecular complexity index is 722. The highest BCUT2D eigenvalue weighted by molar-refractivity contribution is 7.20. The Morgan fingerprint density at radius 1 is 1.00 bits per heavy atom. The third kappa shape index (κ3) is 2.69. The summed E-state index contributed by atoms with van der Waals surface area (Å²) in [6.07, 6.45) is 0. The molecule has 0 aliphatic rings. The largest absolute Gasteiger partial charge is 0.331 e. The number of nitrogens with one attached hydrogen (secondary N) is 1. The summed E-state index contributed by atoms with van der Waals surface area (Å²) in [4.78, 5) is 4.59. The van der Waals surface area contributed by atoms with Gasteiger partial charge in [-0.3, -0.25) is 0 Å². The van der Waals surface area contributed by atoms with Crippen LogP contribution in [0.15, 0.2) is 54.6 Å². The molecule has 2 nitrogen and oxygen atoms in total. The van der Waals surface area contributed by atoms with E-state index in [9.17, 15) is 0 Å². The van der Waals surface area contributed by atoms with Gasteiger partial charge >= 0.3 is 0 Å². The molecule has 0 fully saturated rings. The molecule has 4 heteroatoms. The second kappa shape index (κ2) is 5.65. The number of anilines is 2. The van der Waals surface area contributed by atoms with Crippen molar-refractivity contribution in [2.24, 2.45) is 0 Å². The highest BCUT2D eigenvalue weighted by Gasteiger charge is 2.11. The van der Waals surface area contributed by atoms with E-state index in [0.717, 1.165) is 22.1 Å². The zero-order valence-electron chi connectivity index (χ0n) is 10.9. The van der Waals surface area contributed by atoms with Gasteiger partial charge in [0.25, 0.3) is 0 Å². The Morgan fingerprint density at radius 2 is 1.70 bits per heavy atom. The number of thiazole rings is 1. The van der Waals surface area contributed by atoms with Crippen LogP contribution in [0, 0.1) is 6.92 Å². The third-order valence-electron chi connectivity index (χ3n) is 3.02. The molecule has 0 saturated carbocycles. The van der Waals surface area contributed by atoms with E-state index in [2.05, 4.69) is 23.3 Å². The van der Waals surface area contributed by atoms with Crippen LogP contribution in [0.4, 0.5) is 10.8 Å². The molecule has 0 atom stereocenters. The van der Waals surface area contributed by atoms with Crippen LogP contribution in [-0.4, -0.2) is 4.98 Å². The molecule has 0 aliphatic carbocycles. The average Bonchev–Trinajstić information content (AvgIpc) is 2.83. The first kappa shape index (κ1) is 13.2. The van der Waals surface area contributed by atoms with Gasteiger partial charge < -0.3 is 5.32 Å². The zero-order valence-corrected chi connectivity index (χ0v) is 12.5. The van der Waals surface area contributed by atoms with Crippen LogP contribution < -0.4 is 5.32 Å². The lowest BCUT2D eigenvalue weighted by atomic mass is 10.2. The number of benzene rings is 2.